The molecular weight excluding hydrogens is 266 g/mol. The summed E-state index contributed by atoms with van der Waals surface area (Å²) < 4.78 is 30.0. The maximum atomic E-state index is 12.7. The Morgan fingerprint density at radius 1 is 1.58 bits per heavy atom. The van der Waals surface area contributed by atoms with E-state index in [1.54, 1.807) is 4.98 Å². The van der Waals surface area contributed by atoms with Gasteiger partial charge in [-0.1, -0.05) is 0 Å². The molecule has 1 N–H and O–H groups in total. The van der Waals surface area contributed by atoms with Gasteiger partial charge in [-0.25, -0.2) is 18.6 Å². The van der Waals surface area contributed by atoms with E-state index in [1.807, 2.05) is 0 Å². The number of rotatable bonds is 5. The van der Waals surface area contributed by atoms with Crippen LogP contribution in [0.15, 0.2) is 10.9 Å². The van der Waals surface area contributed by atoms with E-state index in [-0.39, 0.29) is 6.61 Å². The Bertz CT molecular complexity index is 555. The molecule has 0 aliphatic rings. The number of halogens is 2. The number of hydrogen-bond acceptors (Lipinski definition) is 5. The summed E-state index contributed by atoms with van der Waals surface area (Å²) in [6.07, 6.45) is -3.77. The van der Waals surface area contributed by atoms with Crippen LogP contribution in [-0.4, -0.2) is 22.5 Å². The first-order chi connectivity index (χ1) is 8.86. The summed E-state index contributed by atoms with van der Waals surface area (Å²) in [7, 11) is 0. The van der Waals surface area contributed by atoms with Gasteiger partial charge >= 0.3 is 17.3 Å². The van der Waals surface area contributed by atoms with Gasteiger partial charge in [-0.3, -0.25) is 4.79 Å². The summed E-state index contributed by atoms with van der Waals surface area (Å²) >= 11 is 0. The highest BCUT2D eigenvalue weighted by Gasteiger charge is 2.24. The third-order valence-corrected chi connectivity index (χ3v) is 2.20. The Balaban J connectivity index is 3.28. The third-order valence-electron chi connectivity index (χ3n) is 2.20. The average molecular weight is 276 g/mol. The minimum Gasteiger partial charge on any atom is -0.466 e. The van der Waals surface area contributed by atoms with Crippen LogP contribution in [0.4, 0.5) is 14.6 Å². The lowest BCUT2D eigenvalue weighted by Gasteiger charge is -2.07. The molecule has 19 heavy (non-hydrogen) atoms. The van der Waals surface area contributed by atoms with Crippen molar-refractivity contribution < 1.29 is 23.2 Å². The van der Waals surface area contributed by atoms with Crippen molar-refractivity contribution in [3.8, 4) is 0 Å². The number of H-pyrrole nitrogens is 1. The number of aromatic amines is 1. The highest BCUT2D eigenvalue weighted by atomic mass is 19.3. The van der Waals surface area contributed by atoms with E-state index < -0.39 is 46.2 Å². The number of carbonyl (C=O) groups is 1. The van der Waals surface area contributed by atoms with Gasteiger partial charge in [0.05, 0.1) is 13.0 Å². The van der Waals surface area contributed by atoms with Crippen LogP contribution in [0.2, 0.25) is 0 Å². The highest BCUT2D eigenvalue weighted by Crippen LogP contribution is 2.22. The molecule has 0 aliphatic carbocycles. The fraction of sp³-hybridized carbons (Fsp3) is 0.400. The zero-order valence-corrected chi connectivity index (χ0v) is 9.81. The van der Waals surface area contributed by atoms with Crippen molar-refractivity contribution >= 4 is 11.8 Å². The number of nitro groups is 1. The summed E-state index contributed by atoms with van der Waals surface area (Å²) in [5.41, 5.74) is -2.66. The number of aromatic nitrogens is 1. The van der Waals surface area contributed by atoms with E-state index in [0.717, 1.165) is 6.07 Å². The molecule has 7 nitrogen and oxygen atoms in total. The van der Waals surface area contributed by atoms with Crippen molar-refractivity contribution in [1.82, 2.24) is 4.98 Å². The summed E-state index contributed by atoms with van der Waals surface area (Å²) in [5.74, 6) is -1.60. The quantitative estimate of drug-likeness (QED) is 0.496. The smallest absolute Gasteiger partial charge is 0.341 e. The molecule has 0 atom stereocenters. The minimum atomic E-state index is -3.14. The van der Waals surface area contributed by atoms with Crippen LogP contribution < -0.4 is 5.56 Å². The average Bonchev–Trinajstić information content (AvgIpc) is 2.27. The van der Waals surface area contributed by atoms with E-state index >= 15 is 0 Å². The largest absolute Gasteiger partial charge is 0.466 e. The van der Waals surface area contributed by atoms with E-state index in [2.05, 4.69) is 4.74 Å². The van der Waals surface area contributed by atoms with Crippen LogP contribution in [-0.2, 0) is 16.0 Å². The lowest BCUT2D eigenvalue weighted by Crippen LogP contribution is -2.20. The third kappa shape index (κ3) is 3.57. The van der Waals surface area contributed by atoms with Gasteiger partial charge in [-0.2, -0.15) is 0 Å². The van der Waals surface area contributed by atoms with Crippen LogP contribution in [0.25, 0.3) is 0 Å². The molecule has 1 heterocycles. The van der Waals surface area contributed by atoms with E-state index in [1.165, 1.54) is 6.92 Å². The van der Waals surface area contributed by atoms with Gasteiger partial charge in [0.15, 0.2) is 0 Å². The second-order valence-electron chi connectivity index (χ2n) is 3.46. The molecule has 104 valence electrons. The molecule has 0 bridgehead atoms. The molecule has 1 aromatic heterocycles. The summed E-state index contributed by atoms with van der Waals surface area (Å²) in [4.78, 5) is 33.9. The maximum absolute atomic E-state index is 12.7. The highest BCUT2D eigenvalue weighted by molar-refractivity contribution is 5.73. The molecular formula is C10H10F2N2O5. The molecule has 0 spiro atoms. The van der Waals surface area contributed by atoms with Gasteiger partial charge in [0.2, 0.25) is 0 Å². The number of hydrogen-bond donors (Lipinski definition) is 1. The monoisotopic (exact) mass is 276 g/mol. The Kier molecular flexibility index (Phi) is 4.67. The van der Waals surface area contributed by atoms with Crippen LogP contribution in [0.3, 0.4) is 0 Å². The molecule has 0 aliphatic heterocycles. The lowest BCUT2D eigenvalue weighted by atomic mass is 10.1. The van der Waals surface area contributed by atoms with Crippen molar-refractivity contribution in [2.24, 2.45) is 0 Å². The Labute approximate surface area is 105 Å². The van der Waals surface area contributed by atoms with Crippen LogP contribution in [0, 0.1) is 10.1 Å². The number of nitrogens with zero attached hydrogens (tertiary/aromatic N) is 1. The second-order valence-corrected chi connectivity index (χ2v) is 3.46. The second kappa shape index (κ2) is 6.03. The van der Waals surface area contributed by atoms with Crippen LogP contribution in [0.5, 0.6) is 0 Å². The van der Waals surface area contributed by atoms with E-state index in [9.17, 15) is 28.5 Å². The Morgan fingerprint density at radius 2 is 2.21 bits per heavy atom. The van der Waals surface area contributed by atoms with Gasteiger partial charge in [-0.05, 0) is 17.4 Å². The Morgan fingerprint density at radius 3 is 2.68 bits per heavy atom. The summed E-state index contributed by atoms with van der Waals surface area (Å²) in [6.45, 7) is 1.56. The number of carbonyl (C=O) groups excluding carboxylic acids is 1. The zero-order valence-electron chi connectivity index (χ0n) is 9.81. The summed E-state index contributed by atoms with van der Waals surface area (Å²) in [5, 5.41) is 10.5. The lowest BCUT2D eigenvalue weighted by molar-refractivity contribution is -0.389. The molecule has 0 saturated heterocycles. The standard InChI is InChI=1S/C10H10F2N2O5/c1-2-19-7(15)4-5-3-6(14(17)18)13-10(16)8(5)9(11)12/h3,9H,2,4H2,1H3,(H,13,16). The number of nitrogens with one attached hydrogen (secondary N) is 1. The van der Waals surface area contributed by atoms with E-state index in [0.29, 0.717) is 0 Å². The normalized spacial score (nSPS) is 10.5. The molecule has 0 saturated carbocycles. The fourth-order valence-corrected chi connectivity index (χ4v) is 1.46. The number of ether oxygens (including phenoxy) is 1. The number of alkyl halides is 2. The first kappa shape index (κ1) is 14.7. The topological polar surface area (TPSA) is 102 Å². The number of esters is 1. The Hall–Kier alpha value is -2.32. The molecule has 1 rings (SSSR count). The molecule has 1 aromatic rings. The van der Waals surface area contributed by atoms with Gasteiger partial charge < -0.3 is 14.9 Å². The predicted molar refractivity (Wildman–Crippen MR) is 59.0 cm³/mol. The minimum absolute atomic E-state index is 0.0358. The molecule has 0 radical (unpaired) electrons. The van der Waals surface area contributed by atoms with Gasteiger partial charge in [0, 0.05) is 6.07 Å². The van der Waals surface area contributed by atoms with Gasteiger partial charge in [-0.15, -0.1) is 0 Å². The van der Waals surface area contributed by atoms with Crippen molar-refractivity contribution in [3.63, 3.8) is 0 Å². The first-order valence-electron chi connectivity index (χ1n) is 5.21. The first-order valence-corrected chi connectivity index (χ1v) is 5.21. The molecule has 0 aromatic carbocycles. The van der Waals surface area contributed by atoms with Crippen LogP contribution in [0.1, 0.15) is 24.5 Å². The summed E-state index contributed by atoms with van der Waals surface area (Å²) in [6, 6.07) is 0.736. The molecule has 0 fully saturated rings. The number of pyridine rings is 1. The SMILES string of the molecule is CCOC(=O)Cc1cc([N+](=O)[O-])[nH]c(=O)c1C(F)F. The van der Waals surface area contributed by atoms with Crippen molar-refractivity contribution in [3.05, 3.63) is 37.7 Å². The van der Waals surface area contributed by atoms with Crippen molar-refractivity contribution in [2.45, 2.75) is 19.8 Å². The predicted octanol–water partition coefficient (Wildman–Crippen LogP) is 1.33. The molecule has 0 amide bonds. The van der Waals surface area contributed by atoms with Crippen LogP contribution >= 0.6 is 0 Å². The van der Waals surface area contributed by atoms with E-state index in [4.69, 9.17) is 0 Å². The van der Waals surface area contributed by atoms with Gasteiger partial charge in [0.25, 0.3) is 6.43 Å². The van der Waals surface area contributed by atoms with Crippen molar-refractivity contribution in [2.75, 3.05) is 6.61 Å². The molecule has 0 unspecified atom stereocenters. The maximum Gasteiger partial charge on any atom is 0.341 e. The van der Waals surface area contributed by atoms with Crippen molar-refractivity contribution in [1.29, 1.82) is 0 Å². The molecule has 9 heteroatoms. The zero-order chi connectivity index (χ0) is 14.6. The van der Waals surface area contributed by atoms with Gasteiger partial charge in [0.1, 0.15) is 5.56 Å². The fourth-order valence-electron chi connectivity index (χ4n) is 1.46.